The van der Waals surface area contributed by atoms with E-state index in [1.165, 1.54) is 0 Å². The average Bonchev–Trinajstić information content (AvgIpc) is 2.59. The van der Waals surface area contributed by atoms with Gasteiger partial charge < -0.3 is 0 Å². The second kappa shape index (κ2) is 19.1. The Hall–Kier alpha value is 0.472. The fourth-order valence-corrected chi connectivity index (χ4v) is 0.321. The van der Waals surface area contributed by atoms with E-state index in [-0.39, 0.29) is 17.1 Å². The van der Waals surface area contributed by atoms with E-state index in [1.807, 2.05) is 36.1 Å². The van der Waals surface area contributed by atoms with Gasteiger partial charge >= 0.3 is 55.3 Å². The van der Waals surface area contributed by atoms with Gasteiger partial charge in [-0.25, -0.2) is 12.1 Å². The summed E-state index contributed by atoms with van der Waals surface area (Å²) in [5.74, 6) is 1.86. The van der Waals surface area contributed by atoms with Crippen LogP contribution in [0.3, 0.4) is 0 Å². The van der Waals surface area contributed by atoms with Gasteiger partial charge in [-0.1, -0.05) is 25.3 Å². The number of hydrogen-bond donors (Lipinski definition) is 0. The zero-order chi connectivity index (χ0) is 10.5. The quantitative estimate of drug-likeness (QED) is 0.407. The molecule has 0 aromatic heterocycles. The predicted octanol–water partition coefficient (Wildman–Crippen LogP) is 4.34. The van der Waals surface area contributed by atoms with Gasteiger partial charge in [0.05, 0.1) is 0 Å². The van der Waals surface area contributed by atoms with Crippen molar-refractivity contribution in [2.75, 3.05) is 0 Å². The first kappa shape index (κ1) is 20.0. The van der Waals surface area contributed by atoms with Gasteiger partial charge in [0, 0.05) is 0 Å². The standard InChI is InChI=1S/C5H5.C4H6.CH3Cl2Ge.Fe/c1-2-4-5-3-1;1-3-4-2;1-4(2)3;/h1-5H;3-4H,1-2H2;1H3;/q-1;;;+5. The van der Waals surface area contributed by atoms with E-state index in [0.29, 0.717) is 0 Å². The van der Waals surface area contributed by atoms with E-state index in [9.17, 15) is 0 Å². The molecule has 0 aliphatic carbocycles. The molecular formula is C10H14Cl2FeGe+4. The van der Waals surface area contributed by atoms with Crippen LogP contribution in [0.5, 0.6) is 0 Å². The Kier molecular flexibility index (Phi) is 27.2. The maximum Gasteiger partial charge on any atom is 5.00 e. The van der Waals surface area contributed by atoms with Crippen LogP contribution in [0.15, 0.2) is 55.6 Å². The van der Waals surface area contributed by atoms with Crippen molar-refractivity contribution in [2.45, 2.75) is 5.76 Å². The molecule has 0 bridgehead atoms. The second-order valence-corrected chi connectivity index (χ2v) is 10.7. The summed E-state index contributed by atoms with van der Waals surface area (Å²) in [7, 11) is 10.4. The molecule has 0 saturated carbocycles. The van der Waals surface area contributed by atoms with Gasteiger partial charge in [0.2, 0.25) is 0 Å². The van der Waals surface area contributed by atoms with Crippen LogP contribution in [0.25, 0.3) is 0 Å². The molecule has 0 aliphatic heterocycles. The third-order valence-corrected chi connectivity index (χ3v) is 0.722. The Balaban J connectivity index is -0.000000127. The predicted molar refractivity (Wildman–Crippen MR) is 65.8 cm³/mol. The summed E-state index contributed by atoms with van der Waals surface area (Å²) in [5, 5.41) is 0. The van der Waals surface area contributed by atoms with E-state index >= 15 is 0 Å². The number of hydrogen-bond acceptors (Lipinski definition) is 0. The number of halogens is 2. The molecule has 0 amide bonds. The number of allylic oxidation sites excluding steroid dienone is 2. The summed E-state index contributed by atoms with van der Waals surface area (Å²) in [4.78, 5) is 0. The SMILES string of the molecule is C=CC=C.[CH3][Ge]([Cl])[Cl].[Fe+5].c1cc[cH-]c1. The molecule has 0 saturated heterocycles. The molecular weight excluding hydrogens is 319 g/mol. The Morgan fingerprint density at radius 3 is 1.50 bits per heavy atom. The molecule has 2 radical (unpaired) electrons. The molecule has 0 heterocycles. The first-order chi connectivity index (χ1) is 6.15. The fourth-order valence-electron chi connectivity index (χ4n) is 0.321. The molecule has 0 atom stereocenters. The molecule has 76 valence electrons. The van der Waals surface area contributed by atoms with Crippen molar-refractivity contribution in [1.29, 1.82) is 0 Å². The second-order valence-electron chi connectivity index (χ2n) is 1.88. The molecule has 0 nitrogen and oxygen atoms in total. The third kappa shape index (κ3) is 39.2. The van der Waals surface area contributed by atoms with Crippen molar-refractivity contribution in [3.63, 3.8) is 0 Å². The Morgan fingerprint density at radius 2 is 1.43 bits per heavy atom. The smallest absolute Gasteiger partial charge is 0.214 e. The molecule has 0 N–H and O–H groups in total. The van der Waals surface area contributed by atoms with Crippen LogP contribution >= 0.6 is 20.0 Å². The van der Waals surface area contributed by atoms with Gasteiger partial charge in [0.1, 0.15) is 0 Å². The molecule has 4 heteroatoms. The average molecular weight is 334 g/mol. The van der Waals surface area contributed by atoms with Crippen LogP contribution in [-0.4, -0.2) is 12.5 Å². The Morgan fingerprint density at radius 1 is 1.14 bits per heavy atom. The van der Waals surface area contributed by atoms with Crippen molar-refractivity contribution in [2.24, 2.45) is 0 Å². The van der Waals surface area contributed by atoms with Gasteiger partial charge in [-0.15, -0.1) is 0 Å². The molecule has 1 rings (SSSR count). The fraction of sp³-hybridized carbons (Fsp3) is 0.100. The summed E-state index contributed by atoms with van der Waals surface area (Å²) in [6.45, 7) is 6.72. The van der Waals surface area contributed by atoms with Crippen LogP contribution in [-0.2, 0) is 17.1 Å². The molecule has 0 fully saturated rings. The molecule has 0 spiro atoms. The summed E-state index contributed by atoms with van der Waals surface area (Å²) in [6, 6.07) is 10.0. The Labute approximate surface area is 110 Å². The Bertz CT molecular complexity index is 160. The van der Waals surface area contributed by atoms with Crippen LogP contribution < -0.4 is 0 Å². The molecule has 0 unspecified atom stereocenters. The molecule has 1 aromatic carbocycles. The van der Waals surface area contributed by atoms with Gasteiger partial charge in [-0.3, -0.25) is 0 Å². The van der Waals surface area contributed by atoms with E-state index in [0.717, 1.165) is 0 Å². The summed E-state index contributed by atoms with van der Waals surface area (Å²) < 4.78 is 0. The summed E-state index contributed by atoms with van der Waals surface area (Å²) in [5.41, 5.74) is 0. The summed E-state index contributed by atoms with van der Waals surface area (Å²) >= 11 is -1.39. The van der Waals surface area contributed by atoms with Crippen LogP contribution in [0.4, 0.5) is 0 Å². The number of rotatable bonds is 1. The van der Waals surface area contributed by atoms with E-state index in [2.05, 4.69) is 13.2 Å². The largest absolute Gasteiger partial charge is 5.00 e. The van der Waals surface area contributed by atoms with Gasteiger partial charge in [-0.2, -0.15) is 18.2 Å². The maximum atomic E-state index is 5.21. The van der Waals surface area contributed by atoms with E-state index in [4.69, 9.17) is 20.0 Å². The topological polar surface area (TPSA) is 0 Å². The van der Waals surface area contributed by atoms with Crippen molar-refractivity contribution in [3.8, 4) is 0 Å². The van der Waals surface area contributed by atoms with Crippen LogP contribution in [0.2, 0.25) is 5.76 Å². The minimum absolute atomic E-state index is 0. The van der Waals surface area contributed by atoms with E-state index < -0.39 is 12.5 Å². The molecule has 0 aliphatic rings. The van der Waals surface area contributed by atoms with Gasteiger partial charge in [-0.05, 0) is 0 Å². The molecule has 1 aromatic rings. The zero-order valence-corrected chi connectivity index (χ0v) is 12.8. The van der Waals surface area contributed by atoms with Crippen molar-refractivity contribution in [1.82, 2.24) is 0 Å². The van der Waals surface area contributed by atoms with Gasteiger partial charge in [0.25, 0.3) is 0 Å². The molecule has 14 heavy (non-hydrogen) atoms. The van der Waals surface area contributed by atoms with Crippen molar-refractivity contribution in [3.05, 3.63) is 55.6 Å². The monoisotopic (exact) mass is 334 g/mol. The van der Waals surface area contributed by atoms with Crippen molar-refractivity contribution < 1.29 is 17.1 Å². The van der Waals surface area contributed by atoms with Crippen molar-refractivity contribution >= 4 is 32.5 Å². The van der Waals surface area contributed by atoms with Crippen LogP contribution in [0.1, 0.15) is 0 Å². The minimum atomic E-state index is -1.39. The van der Waals surface area contributed by atoms with Gasteiger partial charge in [0.15, 0.2) is 0 Å². The summed E-state index contributed by atoms with van der Waals surface area (Å²) in [6.07, 6.45) is 3.28. The first-order valence-electron chi connectivity index (χ1n) is 3.69. The normalized spacial score (nSPS) is 6.86. The maximum absolute atomic E-state index is 5.21. The zero-order valence-electron chi connectivity index (χ0n) is 8.07. The minimum Gasteiger partial charge on any atom is -0.214 e. The van der Waals surface area contributed by atoms with Crippen LogP contribution in [0, 0.1) is 0 Å². The third-order valence-electron chi connectivity index (χ3n) is 0.722. The first-order valence-corrected chi connectivity index (χ1v) is 11.3. The van der Waals surface area contributed by atoms with E-state index in [1.54, 1.807) is 12.2 Å².